The van der Waals surface area contributed by atoms with E-state index in [0.29, 0.717) is 5.76 Å². The first kappa shape index (κ1) is 16.9. The highest BCUT2D eigenvalue weighted by Crippen LogP contribution is 2.14. The summed E-state index contributed by atoms with van der Waals surface area (Å²) in [6.07, 6.45) is 0. The highest BCUT2D eigenvalue weighted by Gasteiger charge is 2.21. The van der Waals surface area contributed by atoms with Gasteiger partial charge in [-0.3, -0.25) is 4.79 Å². The molecule has 0 aliphatic rings. The number of carbonyl (C=O) groups excluding carboxylic acids is 1. The summed E-state index contributed by atoms with van der Waals surface area (Å²) in [4.78, 5) is 16.0. The summed E-state index contributed by atoms with van der Waals surface area (Å²) < 4.78 is 34.7. The van der Waals surface area contributed by atoms with Crippen LogP contribution < -0.4 is 5.32 Å². The number of nitrogens with one attached hydrogen (secondary N) is 1. The summed E-state index contributed by atoms with van der Waals surface area (Å²) in [5.74, 6) is -0.132. The number of aryl methyl sites for hydroxylation is 1. The zero-order chi connectivity index (χ0) is 17.9. The smallest absolute Gasteiger partial charge is 0.315 e. The van der Waals surface area contributed by atoms with Gasteiger partial charge in [0, 0.05) is 0 Å². The predicted octanol–water partition coefficient (Wildman–Crippen LogP) is 1.87. The lowest BCUT2D eigenvalue weighted by atomic mass is 10.4. The maximum absolute atomic E-state index is 12.3. The van der Waals surface area contributed by atoms with E-state index >= 15 is 0 Å². The van der Waals surface area contributed by atoms with Gasteiger partial charge in [-0.25, -0.2) is 8.42 Å². The summed E-state index contributed by atoms with van der Waals surface area (Å²) in [6.45, 7) is 1.95. The fourth-order valence-electron chi connectivity index (χ4n) is 2.11. The standard InChI is InChI=1S/C16H15N3O5S/c1-11-7-8-12(23-11)9-17-15(20)16-18-14(19-24-16)10-25(21,22)13-5-3-2-4-6-13/h2-8H,9-10H2,1H3,(H,17,20). The Hall–Kier alpha value is -2.94. The minimum Gasteiger partial charge on any atom is -0.465 e. The number of hydrogen-bond donors (Lipinski definition) is 1. The van der Waals surface area contributed by atoms with Gasteiger partial charge in [0.15, 0.2) is 15.7 Å². The first-order valence-electron chi connectivity index (χ1n) is 7.38. The SMILES string of the molecule is Cc1ccc(CNC(=O)c2nc(CS(=O)(=O)c3ccccc3)no2)o1. The maximum atomic E-state index is 12.3. The number of sulfone groups is 1. The van der Waals surface area contributed by atoms with Crippen LogP contribution in [0.4, 0.5) is 0 Å². The minimum absolute atomic E-state index is 0.0807. The molecule has 130 valence electrons. The number of amides is 1. The van der Waals surface area contributed by atoms with E-state index in [1.165, 1.54) is 12.1 Å². The number of nitrogens with zero attached hydrogens (tertiary/aromatic N) is 2. The van der Waals surface area contributed by atoms with Gasteiger partial charge in [0.2, 0.25) is 0 Å². The molecule has 0 bridgehead atoms. The lowest BCUT2D eigenvalue weighted by molar-refractivity contribution is 0.0904. The molecular weight excluding hydrogens is 346 g/mol. The Bertz CT molecular complexity index is 976. The van der Waals surface area contributed by atoms with E-state index in [-0.39, 0.29) is 23.2 Å². The van der Waals surface area contributed by atoms with Gasteiger partial charge in [0.25, 0.3) is 0 Å². The van der Waals surface area contributed by atoms with Crippen molar-refractivity contribution in [2.24, 2.45) is 0 Å². The zero-order valence-electron chi connectivity index (χ0n) is 13.3. The number of aromatic nitrogens is 2. The molecule has 3 aromatic rings. The predicted molar refractivity (Wildman–Crippen MR) is 86.2 cm³/mol. The van der Waals surface area contributed by atoms with Gasteiger partial charge < -0.3 is 14.3 Å². The summed E-state index contributed by atoms with van der Waals surface area (Å²) in [6, 6.07) is 11.4. The molecule has 0 aliphatic carbocycles. The molecule has 0 aliphatic heterocycles. The van der Waals surface area contributed by atoms with E-state index < -0.39 is 21.5 Å². The molecule has 25 heavy (non-hydrogen) atoms. The fourth-order valence-corrected chi connectivity index (χ4v) is 3.30. The largest absolute Gasteiger partial charge is 0.465 e. The fraction of sp³-hybridized carbons (Fsp3) is 0.188. The van der Waals surface area contributed by atoms with Gasteiger partial charge in [-0.05, 0) is 31.2 Å². The van der Waals surface area contributed by atoms with E-state index in [1.807, 2.05) is 0 Å². The second-order valence-corrected chi connectivity index (χ2v) is 7.27. The topological polar surface area (TPSA) is 115 Å². The molecule has 0 atom stereocenters. The normalized spacial score (nSPS) is 11.4. The molecule has 0 saturated heterocycles. The molecular formula is C16H15N3O5S. The minimum atomic E-state index is -3.61. The van der Waals surface area contributed by atoms with Crippen LogP contribution in [0.1, 0.15) is 28.0 Å². The van der Waals surface area contributed by atoms with Crippen LogP contribution in [0, 0.1) is 6.92 Å². The van der Waals surface area contributed by atoms with Crippen molar-refractivity contribution in [1.29, 1.82) is 0 Å². The molecule has 3 rings (SSSR count). The Labute approximate surface area is 143 Å². The van der Waals surface area contributed by atoms with Crippen LogP contribution >= 0.6 is 0 Å². The van der Waals surface area contributed by atoms with Crippen molar-refractivity contribution in [2.75, 3.05) is 0 Å². The van der Waals surface area contributed by atoms with E-state index in [1.54, 1.807) is 37.3 Å². The second-order valence-electron chi connectivity index (χ2n) is 5.28. The van der Waals surface area contributed by atoms with Crippen LogP contribution in [0.25, 0.3) is 0 Å². The van der Waals surface area contributed by atoms with Gasteiger partial charge in [-0.1, -0.05) is 23.4 Å². The molecule has 9 heteroatoms. The Morgan fingerprint density at radius 3 is 2.60 bits per heavy atom. The van der Waals surface area contributed by atoms with Crippen LogP contribution in [0.2, 0.25) is 0 Å². The molecule has 1 aromatic carbocycles. The lowest BCUT2D eigenvalue weighted by Crippen LogP contribution is -2.23. The molecule has 0 radical (unpaired) electrons. The van der Waals surface area contributed by atoms with Crippen molar-refractivity contribution < 1.29 is 22.2 Å². The van der Waals surface area contributed by atoms with Crippen molar-refractivity contribution in [3.63, 3.8) is 0 Å². The van der Waals surface area contributed by atoms with Crippen LogP contribution in [0.3, 0.4) is 0 Å². The molecule has 8 nitrogen and oxygen atoms in total. The van der Waals surface area contributed by atoms with Crippen LogP contribution in [0.5, 0.6) is 0 Å². The third-order valence-electron chi connectivity index (χ3n) is 3.30. The summed E-state index contributed by atoms with van der Waals surface area (Å²) in [7, 11) is -3.61. The van der Waals surface area contributed by atoms with Gasteiger partial charge in [0.1, 0.15) is 17.3 Å². The first-order chi connectivity index (χ1) is 11.9. The number of furan rings is 1. The Balaban J connectivity index is 1.64. The van der Waals surface area contributed by atoms with Gasteiger partial charge in [-0.2, -0.15) is 4.98 Å². The molecule has 0 saturated carbocycles. The van der Waals surface area contributed by atoms with E-state index in [0.717, 1.165) is 5.76 Å². The molecule has 1 N–H and O–H groups in total. The first-order valence-corrected chi connectivity index (χ1v) is 9.03. The van der Waals surface area contributed by atoms with Crippen LogP contribution in [-0.2, 0) is 22.1 Å². The Morgan fingerprint density at radius 2 is 1.92 bits per heavy atom. The molecule has 0 spiro atoms. The summed E-state index contributed by atoms with van der Waals surface area (Å²) >= 11 is 0. The van der Waals surface area contributed by atoms with E-state index in [4.69, 9.17) is 8.94 Å². The highest BCUT2D eigenvalue weighted by molar-refractivity contribution is 7.90. The lowest BCUT2D eigenvalue weighted by Gasteiger charge is -2.00. The molecule has 2 aromatic heterocycles. The molecule has 2 heterocycles. The van der Waals surface area contributed by atoms with Crippen LogP contribution in [0.15, 0.2) is 56.3 Å². The van der Waals surface area contributed by atoms with Crippen molar-refractivity contribution in [3.05, 3.63) is 65.7 Å². The Kier molecular flexibility index (Phi) is 4.66. The zero-order valence-corrected chi connectivity index (χ0v) is 14.1. The third kappa shape index (κ3) is 4.13. The van der Waals surface area contributed by atoms with Crippen molar-refractivity contribution in [3.8, 4) is 0 Å². The summed E-state index contributed by atoms with van der Waals surface area (Å²) in [5, 5.41) is 6.12. The van der Waals surface area contributed by atoms with Crippen molar-refractivity contribution >= 4 is 15.7 Å². The average molecular weight is 361 g/mol. The maximum Gasteiger partial charge on any atom is 0.315 e. The Morgan fingerprint density at radius 1 is 1.16 bits per heavy atom. The number of rotatable bonds is 6. The number of carbonyl (C=O) groups is 1. The van der Waals surface area contributed by atoms with Gasteiger partial charge >= 0.3 is 11.8 Å². The number of hydrogen-bond acceptors (Lipinski definition) is 7. The van der Waals surface area contributed by atoms with Crippen molar-refractivity contribution in [1.82, 2.24) is 15.5 Å². The quantitative estimate of drug-likeness (QED) is 0.712. The second kappa shape index (κ2) is 6.89. The van der Waals surface area contributed by atoms with Gasteiger partial charge in [-0.15, -0.1) is 0 Å². The average Bonchev–Trinajstić information content (AvgIpc) is 3.22. The highest BCUT2D eigenvalue weighted by atomic mass is 32.2. The third-order valence-corrected chi connectivity index (χ3v) is 4.93. The molecule has 1 amide bonds. The van der Waals surface area contributed by atoms with E-state index in [9.17, 15) is 13.2 Å². The summed E-state index contributed by atoms with van der Waals surface area (Å²) in [5.41, 5.74) is 0. The van der Waals surface area contributed by atoms with Gasteiger partial charge in [0.05, 0.1) is 11.4 Å². The monoisotopic (exact) mass is 361 g/mol. The molecule has 0 unspecified atom stereocenters. The number of benzene rings is 1. The van der Waals surface area contributed by atoms with Crippen molar-refractivity contribution in [2.45, 2.75) is 24.1 Å². The van der Waals surface area contributed by atoms with Crippen LogP contribution in [-0.4, -0.2) is 24.5 Å². The molecule has 0 fully saturated rings. The van der Waals surface area contributed by atoms with E-state index in [2.05, 4.69) is 15.5 Å².